The molecule has 5 heteroatoms. The monoisotopic (exact) mass is 253 g/mol. The van der Waals surface area contributed by atoms with Crippen LogP contribution >= 0.6 is 0 Å². The van der Waals surface area contributed by atoms with Crippen LogP contribution in [0.15, 0.2) is 0 Å². The molecule has 0 aromatic carbocycles. The van der Waals surface area contributed by atoms with Crippen molar-refractivity contribution in [2.45, 2.75) is 63.8 Å². The predicted molar refractivity (Wildman–Crippen MR) is 60.6 cm³/mol. The van der Waals surface area contributed by atoms with Crippen molar-refractivity contribution in [3.05, 3.63) is 0 Å². The van der Waals surface area contributed by atoms with Gasteiger partial charge in [0.1, 0.15) is 0 Å². The second-order valence-electron chi connectivity index (χ2n) is 5.04. The highest BCUT2D eigenvalue weighted by atomic mass is 19.4. The van der Waals surface area contributed by atoms with Gasteiger partial charge in [0, 0.05) is 6.54 Å². The van der Waals surface area contributed by atoms with Gasteiger partial charge in [0.15, 0.2) is 6.10 Å². The lowest BCUT2D eigenvalue weighted by Crippen LogP contribution is -2.48. The molecule has 1 unspecified atom stereocenters. The Morgan fingerprint density at radius 2 is 1.88 bits per heavy atom. The van der Waals surface area contributed by atoms with Crippen molar-refractivity contribution in [1.29, 1.82) is 0 Å². The van der Waals surface area contributed by atoms with Gasteiger partial charge in [-0.25, -0.2) is 0 Å². The average Bonchev–Trinajstić information content (AvgIpc) is 2.28. The highest BCUT2D eigenvalue weighted by Crippen LogP contribution is 2.38. The van der Waals surface area contributed by atoms with E-state index in [2.05, 4.69) is 6.92 Å². The Morgan fingerprint density at radius 1 is 1.35 bits per heavy atom. The van der Waals surface area contributed by atoms with Gasteiger partial charge in [0.25, 0.3) is 0 Å². The molecule has 0 spiro atoms. The molecule has 0 aliphatic heterocycles. The quantitative estimate of drug-likeness (QED) is 0.834. The third-order valence-electron chi connectivity index (χ3n) is 3.85. The first-order chi connectivity index (χ1) is 7.83. The largest absolute Gasteiger partial charge is 0.414 e. The van der Waals surface area contributed by atoms with Crippen molar-refractivity contribution >= 4 is 0 Å². The van der Waals surface area contributed by atoms with Gasteiger partial charge in [-0.15, -0.1) is 0 Å². The molecule has 1 saturated carbocycles. The number of nitrogens with two attached hydrogens (primary N) is 1. The average molecular weight is 253 g/mol. The van der Waals surface area contributed by atoms with E-state index in [9.17, 15) is 13.2 Å². The zero-order chi connectivity index (χ0) is 13.1. The number of ether oxygens (including phenoxy) is 1. The maximum Gasteiger partial charge on any atom is 0.414 e. The first kappa shape index (κ1) is 14.8. The highest BCUT2D eigenvalue weighted by Gasteiger charge is 2.44. The molecule has 0 radical (unpaired) electrons. The maximum absolute atomic E-state index is 12.5. The molecule has 17 heavy (non-hydrogen) atoms. The summed E-state index contributed by atoms with van der Waals surface area (Å²) in [5.74, 6) is 0.611. The second kappa shape index (κ2) is 5.57. The standard InChI is InChI=1S/C12H22F3NO/c1-3-10-4-6-11(8-16,7-5-10)17-9(2)12(13,14)15/h9-10H,3-8,16H2,1-2H3. The minimum atomic E-state index is -4.30. The summed E-state index contributed by atoms with van der Waals surface area (Å²) in [6.45, 7) is 3.34. The molecular formula is C12H22F3NO. The van der Waals surface area contributed by atoms with Crippen LogP contribution in [0.3, 0.4) is 0 Å². The minimum Gasteiger partial charge on any atom is -0.361 e. The Labute approximate surface area is 101 Å². The maximum atomic E-state index is 12.5. The first-order valence-electron chi connectivity index (χ1n) is 6.27. The molecule has 0 aromatic heterocycles. The molecule has 2 nitrogen and oxygen atoms in total. The van der Waals surface area contributed by atoms with Crippen molar-refractivity contribution in [2.24, 2.45) is 11.7 Å². The van der Waals surface area contributed by atoms with E-state index in [1.54, 1.807) is 0 Å². The van der Waals surface area contributed by atoms with Crippen LogP contribution in [-0.4, -0.2) is 24.4 Å². The third kappa shape index (κ3) is 3.85. The molecule has 1 aliphatic carbocycles. The van der Waals surface area contributed by atoms with Crippen LogP contribution in [0.25, 0.3) is 0 Å². The number of hydrogen-bond acceptors (Lipinski definition) is 2. The number of halogens is 3. The summed E-state index contributed by atoms with van der Waals surface area (Å²) in [6, 6.07) is 0. The summed E-state index contributed by atoms with van der Waals surface area (Å²) in [5, 5.41) is 0. The Morgan fingerprint density at radius 3 is 2.24 bits per heavy atom. The van der Waals surface area contributed by atoms with Gasteiger partial charge >= 0.3 is 6.18 Å². The van der Waals surface area contributed by atoms with E-state index in [1.807, 2.05) is 0 Å². The summed E-state index contributed by atoms with van der Waals surface area (Å²) >= 11 is 0. The SMILES string of the molecule is CCC1CCC(CN)(OC(C)C(F)(F)F)CC1. The zero-order valence-corrected chi connectivity index (χ0v) is 10.5. The zero-order valence-electron chi connectivity index (χ0n) is 10.5. The molecule has 0 bridgehead atoms. The van der Waals surface area contributed by atoms with Gasteiger partial charge < -0.3 is 10.5 Å². The molecule has 1 fully saturated rings. The van der Waals surface area contributed by atoms with Gasteiger partial charge in [-0.1, -0.05) is 13.3 Å². The topological polar surface area (TPSA) is 35.2 Å². The highest BCUT2D eigenvalue weighted by molar-refractivity contribution is 4.89. The van der Waals surface area contributed by atoms with Crippen LogP contribution in [0.2, 0.25) is 0 Å². The van der Waals surface area contributed by atoms with Crippen LogP contribution in [0.4, 0.5) is 13.2 Å². The molecule has 0 saturated heterocycles. The van der Waals surface area contributed by atoms with E-state index in [0.29, 0.717) is 18.8 Å². The molecule has 2 N–H and O–H groups in total. The molecule has 1 atom stereocenters. The lowest BCUT2D eigenvalue weighted by molar-refractivity contribution is -0.251. The Balaban J connectivity index is 2.59. The van der Waals surface area contributed by atoms with E-state index in [4.69, 9.17) is 10.5 Å². The van der Waals surface area contributed by atoms with Crippen molar-refractivity contribution in [3.8, 4) is 0 Å². The summed E-state index contributed by atoms with van der Waals surface area (Å²) in [4.78, 5) is 0. The van der Waals surface area contributed by atoms with Crippen LogP contribution in [0, 0.1) is 5.92 Å². The fourth-order valence-electron chi connectivity index (χ4n) is 2.42. The van der Waals surface area contributed by atoms with Gasteiger partial charge in [0.2, 0.25) is 0 Å². The predicted octanol–water partition coefficient (Wildman–Crippen LogP) is 3.25. The van der Waals surface area contributed by atoms with E-state index in [-0.39, 0.29) is 6.54 Å². The fraction of sp³-hybridized carbons (Fsp3) is 1.00. The number of alkyl halides is 3. The minimum absolute atomic E-state index is 0.170. The third-order valence-corrected chi connectivity index (χ3v) is 3.85. The lowest BCUT2D eigenvalue weighted by Gasteiger charge is -2.41. The van der Waals surface area contributed by atoms with Gasteiger partial charge in [-0.2, -0.15) is 13.2 Å². The Hall–Kier alpha value is -0.290. The van der Waals surface area contributed by atoms with Crippen LogP contribution in [-0.2, 0) is 4.74 Å². The van der Waals surface area contributed by atoms with Crippen molar-refractivity contribution in [2.75, 3.05) is 6.54 Å². The number of hydrogen-bond donors (Lipinski definition) is 1. The first-order valence-corrected chi connectivity index (χ1v) is 6.27. The van der Waals surface area contributed by atoms with E-state index in [1.165, 1.54) is 0 Å². The van der Waals surface area contributed by atoms with E-state index < -0.39 is 17.9 Å². The van der Waals surface area contributed by atoms with Crippen molar-refractivity contribution in [1.82, 2.24) is 0 Å². The molecule has 0 aromatic rings. The molecule has 102 valence electrons. The van der Waals surface area contributed by atoms with E-state index >= 15 is 0 Å². The van der Waals surface area contributed by atoms with Gasteiger partial charge in [-0.3, -0.25) is 0 Å². The molecule has 1 rings (SSSR count). The van der Waals surface area contributed by atoms with E-state index in [0.717, 1.165) is 26.2 Å². The normalized spacial score (nSPS) is 32.5. The van der Waals surface area contributed by atoms with Gasteiger partial charge in [-0.05, 0) is 38.5 Å². The van der Waals surface area contributed by atoms with Gasteiger partial charge in [0.05, 0.1) is 5.60 Å². The van der Waals surface area contributed by atoms with Crippen molar-refractivity contribution < 1.29 is 17.9 Å². The molecule has 0 heterocycles. The molecule has 0 amide bonds. The Kier molecular flexibility index (Phi) is 4.84. The summed E-state index contributed by atoms with van der Waals surface area (Å²) in [6.07, 6.45) is -1.84. The smallest absolute Gasteiger partial charge is 0.361 e. The summed E-state index contributed by atoms with van der Waals surface area (Å²) in [7, 11) is 0. The summed E-state index contributed by atoms with van der Waals surface area (Å²) in [5.41, 5.74) is 4.86. The second-order valence-corrected chi connectivity index (χ2v) is 5.04. The van der Waals surface area contributed by atoms with Crippen LogP contribution in [0.5, 0.6) is 0 Å². The Bertz CT molecular complexity index is 234. The van der Waals surface area contributed by atoms with Crippen LogP contribution in [0.1, 0.15) is 46.0 Å². The van der Waals surface area contributed by atoms with Crippen molar-refractivity contribution in [3.63, 3.8) is 0 Å². The molecule has 1 aliphatic rings. The number of rotatable bonds is 4. The summed E-state index contributed by atoms with van der Waals surface area (Å²) < 4.78 is 42.7. The molecular weight excluding hydrogens is 231 g/mol. The fourth-order valence-corrected chi connectivity index (χ4v) is 2.42. The lowest BCUT2D eigenvalue weighted by atomic mass is 9.77. The van der Waals surface area contributed by atoms with Crippen LogP contribution < -0.4 is 5.73 Å².